The lowest BCUT2D eigenvalue weighted by Gasteiger charge is -2.16. The highest BCUT2D eigenvalue weighted by Gasteiger charge is 2.12. The molecule has 0 fully saturated rings. The highest BCUT2D eigenvalue weighted by atomic mass is 16.3. The molecule has 0 spiro atoms. The lowest BCUT2D eigenvalue weighted by Crippen LogP contribution is -2.25. The zero-order valence-corrected chi connectivity index (χ0v) is 12.0. The van der Waals surface area contributed by atoms with Crippen molar-refractivity contribution in [2.24, 2.45) is 7.05 Å². The number of hydrogen-bond acceptors (Lipinski definition) is 3. The summed E-state index contributed by atoms with van der Waals surface area (Å²) in [5.74, 6) is 0.964. The van der Waals surface area contributed by atoms with Gasteiger partial charge in [-0.05, 0) is 17.7 Å². The third-order valence-electron chi connectivity index (χ3n) is 3.77. The lowest BCUT2D eigenvalue weighted by atomic mass is 10.1. The second-order valence-electron chi connectivity index (χ2n) is 5.10. The second kappa shape index (κ2) is 6.08. The summed E-state index contributed by atoms with van der Waals surface area (Å²) >= 11 is 0. The number of aromatic nitrogens is 2. The van der Waals surface area contributed by atoms with Crippen molar-refractivity contribution >= 4 is 11.0 Å². The smallest absolute Gasteiger partial charge is 0.123 e. The Morgan fingerprint density at radius 2 is 1.81 bits per heavy atom. The number of imidazole rings is 1. The highest BCUT2D eigenvalue weighted by molar-refractivity contribution is 5.75. The molecule has 0 unspecified atom stereocenters. The summed E-state index contributed by atoms with van der Waals surface area (Å²) in [5.41, 5.74) is 3.20. The van der Waals surface area contributed by atoms with E-state index in [1.807, 2.05) is 55.6 Å². The third kappa shape index (κ3) is 2.82. The zero-order chi connectivity index (χ0) is 14.7. The first-order valence-corrected chi connectivity index (χ1v) is 7.09. The van der Waals surface area contributed by atoms with Gasteiger partial charge in [-0.2, -0.15) is 0 Å². The summed E-state index contributed by atoms with van der Waals surface area (Å²) in [5, 5.41) is 12.9. The summed E-state index contributed by atoms with van der Waals surface area (Å²) in [7, 11) is 2.02. The van der Waals surface area contributed by atoms with E-state index < -0.39 is 0 Å². The number of hydrogen-bond donors (Lipinski definition) is 2. The molecule has 0 radical (unpaired) electrons. The van der Waals surface area contributed by atoms with Crippen LogP contribution in [-0.2, 0) is 13.6 Å². The van der Waals surface area contributed by atoms with E-state index in [2.05, 4.69) is 20.9 Å². The molecule has 0 aliphatic rings. The van der Waals surface area contributed by atoms with Gasteiger partial charge in [0, 0.05) is 7.05 Å². The summed E-state index contributed by atoms with van der Waals surface area (Å²) in [6.07, 6.45) is 0. The minimum absolute atomic E-state index is 0.0634. The van der Waals surface area contributed by atoms with Crippen molar-refractivity contribution in [3.8, 4) is 0 Å². The normalized spacial score (nSPS) is 12.7. The van der Waals surface area contributed by atoms with Crippen LogP contribution in [0.5, 0.6) is 0 Å². The Balaban J connectivity index is 1.78. The van der Waals surface area contributed by atoms with Crippen LogP contribution in [0.1, 0.15) is 17.4 Å². The van der Waals surface area contributed by atoms with Crippen LogP contribution in [0.4, 0.5) is 0 Å². The fourth-order valence-electron chi connectivity index (χ4n) is 2.54. The van der Waals surface area contributed by atoms with Crippen molar-refractivity contribution in [3.63, 3.8) is 0 Å². The van der Waals surface area contributed by atoms with Crippen LogP contribution in [0.3, 0.4) is 0 Å². The Morgan fingerprint density at radius 1 is 1.10 bits per heavy atom. The van der Waals surface area contributed by atoms with E-state index in [1.54, 1.807) is 0 Å². The molecule has 21 heavy (non-hydrogen) atoms. The minimum Gasteiger partial charge on any atom is -0.394 e. The van der Waals surface area contributed by atoms with E-state index in [0.717, 1.165) is 22.4 Å². The Kier molecular flexibility index (Phi) is 3.99. The first kappa shape index (κ1) is 13.8. The van der Waals surface area contributed by atoms with E-state index in [9.17, 15) is 5.11 Å². The van der Waals surface area contributed by atoms with Gasteiger partial charge in [-0.25, -0.2) is 4.98 Å². The van der Waals surface area contributed by atoms with E-state index >= 15 is 0 Å². The molecule has 0 aliphatic carbocycles. The molecule has 108 valence electrons. The monoisotopic (exact) mass is 281 g/mol. The van der Waals surface area contributed by atoms with Gasteiger partial charge >= 0.3 is 0 Å². The van der Waals surface area contributed by atoms with Gasteiger partial charge in [0.15, 0.2) is 0 Å². The molecule has 4 nitrogen and oxygen atoms in total. The van der Waals surface area contributed by atoms with Crippen molar-refractivity contribution in [1.29, 1.82) is 0 Å². The van der Waals surface area contributed by atoms with Crippen molar-refractivity contribution in [2.45, 2.75) is 12.6 Å². The molecule has 2 N–H and O–H groups in total. The number of rotatable bonds is 5. The molecule has 1 aromatic heterocycles. The molecule has 3 rings (SSSR count). The van der Waals surface area contributed by atoms with Gasteiger partial charge < -0.3 is 15.0 Å². The molecular weight excluding hydrogens is 262 g/mol. The summed E-state index contributed by atoms with van der Waals surface area (Å²) < 4.78 is 2.09. The predicted octanol–water partition coefficient (Wildman–Crippen LogP) is 2.40. The molecule has 1 atom stereocenters. The molecular formula is C17H19N3O. The summed E-state index contributed by atoms with van der Waals surface area (Å²) in [4.78, 5) is 4.63. The van der Waals surface area contributed by atoms with Gasteiger partial charge in [0.05, 0.1) is 30.2 Å². The van der Waals surface area contributed by atoms with Crippen LogP contribution in [0.25, 0.3) is 11.0 Å². The van der Waals surface area contributed by atoms with Gasteiger partial charge in [-0.15, -0.1) is 0 Å². The Labute approximate surface area is 124 Å². The van der Waals surface area contributed by atoms with E-state index in [0.29, 0.717) is 6.54 Å². The number of aryl methyl sites for hydroxylation is 1. The average molecular weight is 281 g/mol. The molecule has 2 aromatic carbocycles. The molecule has 1 heterocycles. The van der Waals surface area contributed by atoms with Crippen molar-refractivity contribution in [1.82, 2.24) is 14.9 Å². The number of nitrogens with one attached hydrogen (secondary N) is 1. The van der Waals surface area contributed by atoms with Crippen LogP contribution >= 0.6 is 0 Å². The SMILES string of the molecule is Cn1c(CN[C@@H](CO)c2ccccc2)nc2ccccc21. The Bertz CT molecular complexity index is 721. The van der Waals surface area contributed by atoms with Crippen LogP contribution in [0.15, 0.2) is 54.6 Å². The van der Waals surface area contributed by atoms with Crippen LogP contribution < -0.4 is 5.32 Å². The maximum atomic E-state index is 9.58. The van der Waals surface area contributed by atoms with Gasteiger partial charge in [-0.3, -0.25) is 0 Å². The highest BCUT2D eigenvalue weighted by Crippen LogP contribution is 2.16. The third-order valence-corrected chi connectivity index (χ3v) is 3.77. The van der Waals surface area contributed by atoms with Crippen LogP contribution in [0, 0.1) is 0 Å². The van der Waals surface area contributed by atoms with Gasteiger partial charge in [0.2, 0.25) is 0 Å². The number of para-hydroxylation sites is 2. The fraction of sp³-hybridized carbons (Fsp3) is 0.235. The maximum absolute atomic E-state index is 9.58. The number of fused-ring (bicyclic) bond motifs is 1. The number of aliphatic hydroxyl groups excluding tert-OH is 1. The van der Waals surface area contributed by atoms with Gasteiger partial charge in [0.25, 0.3) is 0 Å². The van der Waals surface area contributed by atoms with Crippen LogP contribution in [-0.4, -0.2) is 21.3 Å². The Morgan fingerprint density at radius 3 is 2.52 bits per heavy atom. The fourth-order valence-corrected chi connectivity index (χ4v) is 2.54. The topological polar surface area (TPSA) is 50.1 Å². The van der Waals surface area contributed by atoms with Crippen molar-refractivity contribution < 1.29 is 5.11 Å². The lowest BCUT2D eigenvalue weighted by molar-refractivity contribution is 0.242. The number of aliphatic hydroxyl groups is 1. The summed E-state index contributed by atoms with van der Waals surface area (Å²) in [6, 6.07) is 18.0. The number of nitrogens with zero attached hydrogens (tertiary/aromatic N) is 2. The van der Waals surface area contributed by atoms with E-state index in [-0.39, 0.29) is 12.6 Å². The van der Waals surface area contributed by atoms with E-state index in [1.165, 1.54) is 0 Å². The molecule has 0 aliphatic heterocycles. The number of benzene rings is 2. The predicted molar refractivity (Wildman–Crippen MR) is 83.8 cm³/mol. The van der Waals surface area contributed by atoms with Gasteiger partial charge in [0.1, 0.15) is 5.82 Å². The molecule has 4 heteroatoms. The first-order chi connectivity index (χ1) is 10.3. The van der Waals surface area contributed by atoms with E-state index in [4.69, 9.17) is 0 Å². The molecule has 0 saturated heterocycles. The maximum Gasteiger partial charge on any atom is 0.123 e. The minimum atomic E-state index is -0.0778. The summed E-state index contributed by atoms with van der Waals surface area (Å²) in [6.45, 7) is 0.680. The quantitative estimate of drug-likeness (QED) is 0.755. The molecule has 0 saturated carbocycles. The largest absolute Gasteiger partial charge is 0.394 e. The Hall–Kier alpha value is -2.17. The molecule has 0 amide bonds. The van der Waals surface area contributed by atoms with Gasteiger partial charge in [-0.1, -0.05) is 42.5 Å². The zero-order valence-electron chi connectivity index (χ0n) is 12.0. The van der Waals surface area contributed by atoms with Crippen molar-refractivity contribution in [3.05, 3.63) is 66.0 Å². The first-order valence-electron chi connectivity index (χ1n) is 7.09. The standard InChI is InChI=1S/C17H19N3O/c1-20-16-10-6-5-9-14(16)19-17(20)11-18-15(12-21)13-7-3-2-4-8-13/h2-10,15,18,21H,11-12H2,1H3/t15-/m0/s1. The van der Waals surface area contributed by atoms with Crippen LogP contribution in [0.2, 0.25) is 0 Å². The second-order valence-corrected chi connectivity index (χ2v) is 5.10. The van der Waals surface area contributed by atoms with Crippen molar-refractivity contribution in [2.75, 3.05) is 6.61 Å². The molecule has 0 bridgehead atoms. The average Bonchev–Trinajstić information content (AvgIpc) is 2.86. The molecule has 3 aromatic rings.